The summed E-state index contributed by atoms with van der Waals surface area (Å²) in [6.07, 6.45) is 2.01. The molecule has 8 nitrogen and oxygen atoms in total. The van der Waals surface area contributed by atoms with E-state index in [1.807, 2.05) is 35.0 Å². The van der Waals surface area contributed by atoms with Crippen molar-refractivity contribution in [2.75, 3.05) is 20.2 Å². The summed E-state index contributed by atoms with van der Waals surface area (Å²) in [4.78, 5) is 33.8. The number of carbonyl (C=O) groups is 1. The van der Waals surface area contributed by atoms with E-state index >= 15 is 0 Å². The molecule has 0 bridgehead atoms. The van der Waals surface area contributed by atoms with E-state index in [1.165, 1.54) is 19.4 Å². The Morgan fingerprint density at radius 1 is 1.19 bits per heavy atom. The van der Waals surface area contributed by atoms with Gasteiger partial charge in [-0.1, -0.05) is 30.3 Å². The highest BCUT2D eigenvalue weighted by atomic mass is 16.5. The van der Waals surface area contributed by atoms with Crippen LogP contribution in [0, 0.1) is 0 Å². The first-order valence-electron chi connectivity index (χ1n) is 8.71. The van der Waals surface area contributed by atoms with Crippen molar-refractivity contribution in [1.82, 2.24) is 24.6 Å². The summed E-state index contributed by atoms with van der Waals surface area (Å²) in [5, 5.41) is 4.58. The van der Waals surface area contributed by atoms with E-state index < -0.39 is 0 Å². The summed E-state index contributed by atoms with van der Waals surface area (Å²) in [5.74, 6) is 1.52. The number of carbonyl (C=O) groups excluding carboxylic acids is 1. The lowest BCUT2D eigenvalue weighted by molar-refractivity contribution is 0.0752. The van der Waals surface area contributed by atoms with Crippen LogP contribution in [0.25, 0.3) is 11.4 Å². The Hall–Kier alpha value is -3.42. The molecule has 1 N–H and O–H groups in total. The lowest BCUT2D eigenvalue weighted by atomic mass is 10.2. The third-order valence-corrected chi connectivity index (χ3v) is 4.58. The Morgan fingerprint density at radius 3 is 2.74 bits per heavy atom. The molecular weight excluding hydrogens is 346 g/mol. The van der Waals surface area contributed by atoms with Crippen molar-refractivity contribution in [2.24, 2.45) is 0 Å². The zero-order valence-corrected chi connectivity index (χ0v) is 14.9. The average Bonchev–Trinajstić information content (AvgIpc) is 3.01. The summed E-state index contributed by atoms with van der Waals surface area (Å²) >= 11 is 0. The van der Waals surface area contributed by atoms with Crippen molar-refractivity contribution < 1.29 is 9.53 Å². The topological polar surface area (TPSA) is 93.1 Å². The molecule has 3 heterocycles. The van der Waals surface area contributed by atoms with Crippen molar-refractivity contribution in [3.05, 3.63) is 64.3 Å². The lowest BCUT2D eigenvalue weighted by Crippen LogP contribution is -2.34. The second-order valence-corrected chi connectivity index (χ2v) is 6.26. The number of fused-ring (bicyclic) bond motifs is 1. The largest absolute Gasteiger partial charge is 0.491 e. The van der Waals surface area contributed by atoms with Gasteiger partial charge in [0.05, 0.1) is 13.7 Å². The molecule has 0 aliphatic carbocycles. The monoisotopic (exact) mass is 365 g/mol. The molecule has 138 valence electrons. The maximum atomic E-state index is 12.7. The molecule has 3 aromatic rings. The second-order valence-electron chi connectivity index (χ2n) is 6.26. The number of hydrogen-bond donors (Lipinski definition) is 1. The van der Waals surface area contributed by atoms with E-state index in [9.17, 15) is 9.59 Å². The van der Waals surface area contributed by atoms with Crippen LogP contribution in [0.2, 0.25) is 0 Å². The number of nitrogens with zero attached hydrogens (tertiary/aromatic N) is 4. The van der Waals surface area contributed by atoms with Gasteiger partial charge in [-0.15, -0.1) is 0 Å². The van der Waals surface area contributed by atoms with Crippen LogP contribution in [0.1, 0.15) is 16.3 Å². The highest BCUT2D eigenvalue weighted by Crippen LogP contribution is 2.17. The summed E-state index contributed by atoms with van der Waals surface area (Å²) < 4.78 is 6.79. The van der Waals surface area contributed by atoms with Crippen molar-refractivity contribution in [3.8, 4) is 17.1 Å². The molecular formula is C19H19N5O3. The van der Waals surface area contributed by atoms with Gasteiger partial charge in [0.15, 0.2) is 11.6 Å². The Bertz CT molecular complexity index is 1000. The van der Waals surface area contributed by atoms with Gasteiger partial charge in [0.25, 0.3) is 5.91 Å². The first kappa shape index (κ1) is 17.0. The quantitative estimate of drug-likeness (QED) is 0.756. The number of aromatic amines is 1. The van der Waals surface area contributed by atoms with Gasteiger partial charge in [-0.25, -0.2) is 9.67 Å². The van der Waals surface area contributed by atoms with Gasteiger partial charge in [-0.3, -0.25) is 9.59 Å². The number of ether oxygens (including phenoxy) is 1. The summed E-state index contributed by atoms with van der Waals surface area (Å²) in [6.45, 7) is 1.57. The number of hydrogen-bond acceptors (Lipinski definition) is 5. The third kappa shape index (κ3) is 3.33. The van der Waals surface area contributed by atoms with Gasteiger partial charge in [-0.2, -0.15) is 5.10 Å². The van der Waals surface area contributed by atoms with Crippen LogP contribution in [-0.4, -0.2) is 50.8 Å². The zero-order valence-electron chi connectivity index (χ0n) is 14.9. The molecule has 0 atom stereocenters. The predicted molar refractivity (Wildman–Crippen MR) is 98.7 cm³/mol. The number of H-pyrrole nitrogens is 1. The zero-order chi connectivity index (χ0) is 18.8. The van der Waals surface area contributed by atoms with E-state index in [1.54, 1.807) is 4.90 Å². The molecule has 0 fully saturated rings. The molecule has 1 aliphatic heterocycles. The van der Waals surface area contributed by atoms with Gasteiger partial charge < -0.3 is 14.6 Å². The maximum absolute atomic E-state index is 12.7. The van der Waals surface area contributed by atoms with Crippen LogP contribution in [0.3, 0.4) is 0 Å². The smallest absolute Gasteiger partial charge is 0.270 e. The molecule has 1 amide bonds. The number of aromatic nitrogens is 4. The molecule has 4 rings (SSSR count). The number of benzene rings is 1. The Morgan fingerprint density at radius 2 is 2.00 bits per heavy atom. The molecule has 27 heavy (non-hydrogen) atoms. The molecule has 1 aromatic carbocycles. The third-order valence-electron chi connectivity index (χ3n) is 4.58. The molecule has 0 saturated heterocycles. The summed E-state index contributed by atoms with van der Waals surface area (Å²) in [7, 11) is 1.42. The molecule has 0 unspecified atom stereocenters. The fourth-order valence-corrected chi connectivity index (χ4v) is 3.12. The van der Waals surface area contributed by atoms with Gasteiger partial charge in [-0.05, 0) is 0 Å². The van der Waals surface area contributed by atoms with Gasteiger partial charge in [0.1, 0.15) is 11.5 Å². The number of nitrogens with one attached hydrogen (secondary N) is 1. The Labute approximate surface area is 155 Å². The number of methoxy groups -OCH3 is 1. The van der Waals surface area contributed by atoms with Crippen LogP contribution >= 0.6 is 0 Å². The Balaban J connectivity index is 1.50. The van der Waals surface area contributed by atoms with Gasteiger partial charge >= 0.3 is 0 Å². The second kappa shape index (κ2) is 7.06. The van der Waals surface area contributed by atoms with Crippen molar-refractivity contribution in [2.45, 2.75) is 13.0 Å². The van der Waals surface area contributed by atoms with E-state index in [2.05, 4.69) is 15.1 Å². The number of pyridine rings is 1. The van der Waals surface area contributed by atoms with Crippen LogP contribution in [0.15, 0.2) is 47.4 Å². The van der Waals surface area contributed by atoms with Gasteiger partial charge in [0, 0.05) is 37.3 Å². The average molecular weight is 365 g/mol. The van der Waals surface area contributed by atoms with E-state index in [0.29, 0.717) is 31.9 Å². The Kier molecular flexibility index (Phi) is 4.45. The molecule has 0 saturated carbocycles. The predicted octanol–water partition coefficient (Wildman–Crippen LogP) is 1.34. The SMILES string of the molecule is COc1c[nH]c(C(=O)N2CCc3nc(-c4ccccc4)nn3CC2)cc1=O. The van der Waals surface area contributed by atoms with Crippen molar-refractivity contribution >= 4 is 5.91 Å². The van der Waals surface area contributed by atoms with Crippen molar-refractivity contribution in [3.63, 3.8) is 0 Å². The standard InChI is InChI=1S/C19H19N5O3/c1-27-16-12-20-14(11-15(16)25)19(26)23-8-7-17-21-18(22-24(17)10-9-23)13-5-3-2-4-6-13/h2-6,11-12H,7-10H2,1H3,(H,20,25). The highest BCUT2D eigenvalue weighted by molar-refractivity contribution is 5.92. The number of amides is 1. The first-order chi connectivity index (χ1) is 13.2. The highest BCUT2D eigenvalue weighted by Gasteiger charge is 2.23. The van der Waals surface area contributed by atoms with Crippen LogP contribution in [0.4, 0.5) is 0 Å². The fraction of sp³-hybridized carbons (Fsp3) is 0.263. The minimum Gasteiger partial charge on any atom is -0.491 e. The van der Waals surface area contributed by atoms with E-state index in [4.69, 9.17) is 4.74 Å². The first-order valence-corrected chi connectivity index (χ1v) is 8.71. The van der Waals surface area contributed by atoms with Crippen LogP contribution in [-0.2, 0) is 13.0 Å². The van der Waals surface area contributed by atoms with E-state index in [-0.39, 0.29) is 22.8 Å². The normalized spacial score (nSPS) is 13.7. The van der Waals surface area contributed by atoms with Gasteiger partial charge in [0.2, 0.25) is 5.43 Å². The van der Waals surface area contributed by atoms with E-state index in [0.717, 1.165) is 11.4 Å². The summed E-state index contributed by atoms with van der Waals surface area (Å²) in [6, 6.07) is 11.1. The van der Waals surface area contributed by atoms with Crippen molar-refractivity contribution in [1.29, 1.82) is 0 Å². The molecule has 2 aromatic heterocycles. The molecule has 8 heteroatoms. The summed E-state index contributed by atoms with van der Waals surface area (Å²) in [5.41, 5.74) is 0.900. The number of rotatable bonds is 3. The van der Waals surface area contributed by atoms with Crippen LogP contribution < -0.4 is 10.2 Å². The van der Waals surface area contributed by atoms with Crippen LogP contribution in [0.5, 0.6) is 5.75 Å². The molecule has 0 spiro atoms. The molecule has 0 radical (unpaired) electrons. The fourth-order valence-electron chi connectivity index (χ4n) is 3.12. The minimum absolute atomic E-state index is 0.181. The molecule has 1 aliphatic rings. The maximum Gasteiger partial charge on any atom is 0.270 e. The lowest BCUT2D eigenvalue weighted by Gasteiger charge is -2.19. The minimum atomic E-state index is -0.323.